The van der Waals surface area contributed by atoms with Crippen molar-refractivity contribution >= 4 is 11.7 Å². The zero-order valence-electron chi connectivity index (χ0n) is 10.4. The van der Waals surface area contributed by atoms with E-state index in [1.807, 2.05) is 18.3 Å². The topological polar surface area (TPSA) is 88.5 Å². The van der Waals surface area contributed by atoms with E-state index >= 15 is 0 Å². The molecule has 0 spiro atoms. The van der Waals surface area contributed by atoms with Crippen LogP contribution in [0.1, 0.15) is 5.56 Å². The van der Waals surface area contributed by atoms with Crippen LogP contribution in [0.3, 0.4) is 0 Å². The Bertz CT molecular complexity index is 397. The lowest BCUT2D eigenvalue weighted by molar-refractivity contribution is -0.119. The van der Waals surface area contributed by atoms with Gasteiger partial charge < -0.3 is 16.4 Å². The van der Waals surface area contributed by atoms with Gasteiger partial charge in [-0.3, -0.25) is 9.69 Å². The number of rotatable bonds is 4. The molecule has 0 unspecified atom stereocenters. The van der Waals surface area contributed by atoms with E-state index in [-0.39, 0.29) is 5.91 Å². The Morgan fingerprint density at radius 3 is 2.50 bits per heavy atom. The Balaban J connectivity index is 1.90. The van der Waals surface area contributed by atoms with Crippen molar-refractivity contribution in [3.8, 4) is 0 Å². The van der Waals surface area contributed by atoms with Crippen molar-refractivity contribution in [3.05, 3.63) is 23.9 Å². The van der Waals surface area contributed by atoms with Crippen LogP contribution in [0.25, 0.3) is 0 Å². The first-order valence-electron chi connectivity index (χ1n) is 6.09. The van der Waals surface area contributed by atoms with Crippen LogP contribution in [0.5, 0.6) is 0 Å². The van der Waals surface area contributed by atoms with Crippen molar-refractivity contribution in [2.24, 2.45) is 11.5 Å². The zero-order valence-corrected chi connectivity index (χ0v) is 10.4. The van der Waals surface area contributed by atoms with Crippen LogP contribution in [-0.2, 0) is 11.3 Å². The van der Waals surface area contributed by atoms with Gasteiger partial charge in [0, 0.05) is 38.9 Å². The molecule has 2 rings (SSSR count). The van der Waals surface area contributed by atoms with Crippen LogP contribution >= 0.6 is 0 Å². The van der Waals surface area contributed by atoms with E-state index in [1.165, 1.54) is 0 Å². The molecular weight excluding hydrogens is 230 g/mol. The maximum Gasteiger partial charge on any atom is 0.231 e. The van der Waals surface area contributed by atoms with Crippen LogP contribution in [0.4, 0.5) is 5.82 Å². The van der Waals surface area contributed by atoms with Crippen LogP contribution < -0.4 is 16.4 Å². The second-order valence-electron chi connectivity index (χ2n) is 4.46. The van der Waals surface area contributed by atoms with E-state index in [2.05, 4.69) is 14.8 Å². The normalized spacial score (nSPS) is 16.8. The molecule has 4 N–H and O–H groups in total. The van der Waals surface area contributed by atoms with Crippen LogP contribution in [0.15, 0.2) is 18.3 Å². The van der Waals surface area contributed by atoms with Crippen LogP contribution in [0, 0.1) is 0 Å². The summed E-state index contributed by atoms with van der Waals surface area (Å²) in [6.07, 6.45) is 1.81. The summed E-state index contributed by atoms with van der Waals surface area (Å²) >= 11 is 0. The van der Waals surface area contributed by atoms with Crippen LogP contribution in [-0.4, -0.2) is 48.5 Å². The van der Waals surface area contributed by atoms with Gasteiger partial charge in [0.25, 0.3) is 0 Å². The fourth-order valence-corrected chi connectivity index (χ4v) is 2.08. The predicted molar refractivity (Wildman–Crippen MR) is 70.0 cm³/mol. The van der Waals surface area contributed by atoms with E-state index < -0.39 is 0 Å². The molecule has 1 saturated heterocycles. The highest BCUT2D eigenvalue weighted by molar-refractivity contribution is 5.75. The number of anilines is 1. The largest absolute Gasteiger partial charge is 0.369 e. The summed E-state index contributed by atoms with van der Waals surface area (Å²) in [6.45, 7) is 4.25. The number of hydrogen-bond acceptors (Lipinski definition) is 5. The van der Waals surface area contributed by atoms with Gasteiger partial charge in [-0.05, 0) is 11.6 Å². The molecule has 0 aliphatic carbocycles. The average molecular weight is 249 g/mol. The van der Waals surface area contributed by atoms with E-state index in [0.717, 1.165) is 37.6 Å². The molecule has 1 aliphatic heterocycles. The Hall–Kier alpha value is -1.66. The SMILES string of the molecule is NCc1ccc(N2CCN(CC(N)=O)CC2)nc1. The summed E-state index contributed by atoms with van der Waals surface area (Å²) in [5.74, 6) is 0.694. The van der Waals surface area contributed by atoms with Crippen molar-refractivity contribution in [2.75, 3.05) is 37.6 Å². The molecule has 18 heavy (non-hydrogen) atoms. The number of primary amides is 1. The third-order valence-corrected chi connectivity index (χ3v) is 3.12. The van der Waals surface area contributed by atoms with Gasteiger partial charge in [0.2, 0.25) is 5.91 Å². The van der Waals surface area contributed by atoms with Gasteiger partial charge in [0.1, 0.15) is 5.82 Å². The molecule has 1 aromatic heterocycles. The summed E-state index contributed by atoms with van der Waals surface area (Å²) < 4.78 is 0. The van der Waals surface area contributed by atoms with Gasteiger partial charge in [-0.15, -0.1) is 0 Å². The lowest BCUT2D eigenvalue weighted by atomic mass is 10.2. The smallest absolute Gasteiger partial charge is 0.231 e. The highest BCUT2D eigenvalue weighted by Crippen LogP contribution is 2.13. The molecule has 0 atom stereocenters. The van der Waals surface area contributed by atoms with Crippen molar-refractivity contribution in [1.29, 1.82) is 0 Å². The minimum atomic E-state index is -0.270. The molecule has 1 aliphatic rings. The quantitative estimate of drug-likeness (QED) is 0.725. The van der Waals surface area contributed by atoms with Crippen molar-refractivity contribution < 1.29 is 4.79 Å². The Morgan fingerprint density at radius 2 is 2.00 bits per heavy atom. The van der Waals surface area contributed by atoms with Crippen molar-refractivity contribution in [3.63, 3.8) is 0 Å². The number of aromatic nitrogens is 1. The maximum atomic E-state index is 10.8. The molecule has 1 fully saturated rings. The lowest BCUT2D eigenvalue weighted by Crippen LogP contribution is -2.49. The standard InChI is InChI=1S/C12H19N5O/c13-7-10-1-2-12(15-8-10)17-5-3-16(4-6-17)9-11(14)18/h1-2,8H,3-7,9,13H2,(H2,14,18). The minimum absolute atomic E-state index is 0.270. The first-order chi connectivity index (χ1) is 8.69. The van der Waals surface area contributed by atoms with E-state index in [1.54, 1.807) is 0 Å². The molecule has 2 heterocycles. The average Bonchev–Trinajstić information content (AvgIpc) is 2.39. The van der Waals surface area contributed by atoms with E-state index in [0.29, 0.717) is 13.1 Å². The first kappa shape index (κ1) is 12.8. The summed E-state index contributed by atoms with van der Waals surface area (Å²) in [7, 11) is 0. The molecular formula is C12H19N5O. The van der Waals surface area contributed by atoms with E-state index in [9.17, 15) is 4.79 Å². The Morgan fingerprint density at radius 1 is 1.28 bits per heavy atom. The molecule has 6 heteroatoms. The van der Waals surface area contributed by atoms with Crippen LogP contribution in [0.2, 0.25) is 0 Å². The second-order valence-corrected chi connectivity index (χ2v) is 4.46. The molecule has 1 aromatic rings. The fraction of sp³-hybridized carbons (Fsp3) is 0.500. The third kappa shape index (κ3) is 3.18. The molecule has 0 radical (unpaired) electrons. The van der Waals surface area contributed by atoms with Gasteiger partial charge in [-0.1, -0.05) is 6.07 Å². The van der Waals surface area contributed by atoms with Gasteiger partial charge in [-0.25, -0.2) is 4.98 Å². The number of nitrogens with two attached hydrogens (primary N) is 2. The first-order valence-corrected chi connectivity index (χ1v) is 6.09. The van der Waals surface area contributed by atoms with Gasteiger partial charge in [0.05, 0.1) is 6.54 Å². The number of piperazine rings is 1. The van der Waals surface area contributed by atoms with Crippen molar-refractivity contribution in [2.45, 2.75) is 6.54 Å². The van der Waals surface area contributed by atoms with Gasteiger partial charge >= 0.3 is 0 Å². The third-order valence-electron chi connectivity index (χ3n) is 3.12. The van der Waals surface area contributed by atoms with E-state index in [4.69, 9.17) is 11.5 Å². The Labute approximate surface area is 107 Å². The molecule has 1 amide bonds. The zero-order chi connectivity index (χ0) is 13.0. The fourth-order valence-electron chi connectivity index (χ4n) is 2.08. The molecule has 98 valence electrons. The van der Waals surface area contributed by atoms with Gasteiger partial charge in [-0.2, -0.15) is 0 Å². The number of carbonyl (C=O) groups excluding carboxylic acids is 1. The number of nitrogens with zero attached hydrogens (tertiary/aromatic N) is 3. The molecule has 0 aromatic carbocycles. The number of carbonyl (C=O) groups is 1. The minimum Gasteiger partial charge on any atom is -0.369 e. The summed E-state index contributed by atoms with van der Waals surface area (Å²) in [5, 5.41) is 0. The predicted octanol–water partition coefficient (Wildman–Crippen LogP) is -0.852. The highest BCUT2D eigenvalue weighted by atomic mass is 16.1. The monoisotopic (exact) mass is 249 g/mol. The highest BCUT2D eigenvalue weighted by Gasteiger charge is 2.18. The molecule has 0 bridgehead atoms. The lowest BCUT2D eigenvalue weighted by Gasteiger charge is -2.34. The second kappa shape index (κ2) is 5.79. The summed E-state index contributed by atoms with van der Waals surface area (Å²) in [6, 6.07) is 3.99. The Kier molecular flexibility index (Phi) is 4.11. The summed E-state index contributed by atoms with van der Waals surface area (Å²) in [5.41, 5.74) is 11.8. The summed E-state index contributed by atoms with van der Waals surface area (Å²) in [4.78, 5) is 19.5. The molecule has 0 saturated carbocycles. The maximum absolute atomic E-state index is 10.8. The van der Waals surface area contributed by atoms with Crippen molar-refractivity contribution in [1.82, 2.24) is 9.88 Å². The number of pyridine rings is 1. The number of hydrogen-bond donors (Lipinski definition) is 2. The van der Waals surface area contributed by atoms with Gasteiger partial charge in [0.15, 0.2) is 0 Å². The number of amides is 1. The molecule has 6 nitrogen and oxygen atoms in total.